The largest absolute Gasteiger partial charge is 0.491 e. The van der Waals surface area contributed by atoms with Gasteiger partial charge in [-0.2, -0.15) is 0 Å². The van der Waals surface area contributed by atoms with Crippen molar-refractivity contribution >= 4 is 0 Å². The van der Waals surface area contributed by atoms with E-state index in [9.17, 15) is 5.11 Å². The predicted molar refractivity (Wildman–Crippen MR) is 77.1 cm³/mol. The molecule has 1 saturated carbocycles. The van der Waals surface area contributed by atoms with Crippen molar-refractivity contribution in [2.24, 2.45) is 11.7 Å². The van der Waals surface area contributed by atoms with Crippen molar-refractivity contribution in [3.05, 3.63) is 29.8 Å². The Labute approximate surface area is 115 Å². The van der Waals surface area contributed by atoms with E-state index in [1.54, 1.807) is 0 Å². The number of ether oxygens (including phenoxy) is 1. The summed E-state index contributed by atoms with van der Waals surface area (Å²) in [6.07, 6.45) is 5.66. The molecule has 0 radical (unpaired) electrons. The van der Waals surface area contributed by atoms with Crippen LogP contribution in [0.2, 0.25) is 0 Å². The van der Waals surface area contributed by atoms with Gasteiger partial charge in [0.15, 0.2) is 0 Å². The van der Waals surface area contributed by atoms with E-state index in [1.807, 2.05) is 31.2 Å². The first kappa shape index (κ1) is 14.4. The van der Waals surface area contributed by atoms with Gasteiger partial charge >= 0.3 is 0 Å². The second-order valence-corrected chi connectivity index (χ2v) is 5.71. The molecule has 0 spiro atoms. The normalized spacial score (nSPS) is 19.3. The lowest BCUT2D eigenvalue weighted by molar-refractivity contribution is 0.0855. The van der Waals surface area contributed by atoms with Gasteiger partial charge in [-0.05, 0) is 37.0 Å². The third-order valence-corrected chi connectivity index (χ3v) is 3.91. The molecule has 3 N–H and O–H groups in total. The lowest BCUT2D eigenvalue weighted by Gasteiger charge is -2.16. The summed E-state index contributed by atoms with van der Waals surface area (Å²) < 4.78 is 5.66. The molecule has 0 aliphatic heterocycles. The first-order valence-corrected chi connectivity index (χ1v) is 7.31. The van der Waals surface area contributed by atoms with Crippen LogP contribution in [0.4, 0.5) is 0 Å². The zero-order valence-corrected chi connectivity index (χ0v) is 11.7. The van der Waals surface area contributed by atoms with Gasteiger partial charge < -0.3 is 15.6 Å². The van der Waals surface area contributed by atoms with Gasteiger partial charge in [0.05, 0.1) is 6.10 Å². The number of rotatable bonds is 6. The molecule has 3 heteroatoms. The van der Waals surface area contributed by atoms with Crippen LogP contribution in [0, 0.1) is 5.92 Å². The van der Waals surface area contributed by atoms with Crippen LogP contribution in [0.5, 0.6) is 5.75 Å². The van der Waals surface area contributed by atoms with E-state index in [4.69, 9.17) is 10.5 Å². The van der Waals surface area contributed by atoms with Crippen LogP contribution in [0.15, 0.2) is 24.3 Å². The molecule has 2 unspecified atom stereocenters. The molecule has 0 bridgehead atoms. The summed E-state index contributed by atoms with van der Waals surface area (Å²) in [6, 6.07) is 7.80. The van der Waals surface area contributed by atoms with Crippen molar-refractivity contribution in [1.82, 2.24) is 0 Å². The van der Waals surface area contributed by atoms with Crippen LogP contribution in [0.1, 0.15) is 50.6 Å². The Morgan fingerprint density at radius 3 is 2.79 bits per heavy atom. The quantitative estimate of drug-likeness (QED) is 0.829. The van der Waals surface area contributed by atoms with Gasteiger partial charge in [-0.15, -0.1) is 0 Å². The van der Waals surface area contributed by atoms with Crippen molar-refractivity contribution < 1.29 is 9.84 Å². The van der Waals surface area contributed by atoms with Crippen molar-refractivity contribution in [2.75, 3.05) is 6.61 Å². The molecule has 3 nitrogen and oxygen atoms in total. The summed E-state index contributed by atoms with van der Waals surface area (Å²) in [5.41, 5.74) is 6.90. The molecule has 1 aliphatic rings. The molecule has 1 aromatic rings. The SMILES string of the molecule is CC(N)c1cccc(OCC(O)CC2CCCC2)c1. The maximum Gasteiger partial charge on any atom is 0.119 e. The van der Waals surface area contributed by atoms with Crippen LogP contribution in [-0.2, 0) is 0 Å². The Morgan fingerprint density at radius 1 is 1.37 bits per heavy atom. The van der Waals surface area contributed by atoms with E-state index < -0.39 is 0 Å². The van der Waals surface area contributed by atoms with Gasteiger partial charge in [0.25, 0.3) is 0 Å². The summed E-state index contributed by atoms with van der Waals surface area (Å²) in [5.74, 6) is 1.48. The molecular weight excluding hydrogens is 238 g/mol. The van der Waals surface area contributed by atoms with E-state index >= 15 is 0 Å². The second-order valence-electron chi connectivity index (χ2n) is 5.71. The molecule has 19 heavy (non-hydrogen) atoms. The highest BCUT2D eigenvalue weighted by Gasteiger charge is 2.19. The average molecular weight is 263 g/mol. The molecule has 106 valence electrons. The summed E-state index contributed by atoms with van der Waals surface area (Å²) in [5, 5.41) is 10.00. The summed E-state index contributed by atoms with van der Waals surface area (Å²) in [6.45, 7) is 2.33. The van der Waals surface area contributed by atoms with E-state index in [0.29, 0.717) is 12.5 Å². The van der Waals surface area contributed by atoms with Gasteiger partial charge in [0.1, 0.15) is 12.4 Å². The van der Waals surface area contributed by atoms with Crippen molar-refractivity contribution in [3.63, 3.8) is 0 Å². The molecule has 1 fully saturated rings. The van der Waals surface area contributed by atoms with E-state index in [2.05, 4.69) is 0 Å². The highest BCUT2D eigenvalue weighted by atomic mass is 16.5. The molecular formula is C16H25NO2. The standard InChI is InChI=1S/C16H25NO2/c1-12(17)14-7-4-8-16(10-14)19-11-15(18)9-13-5-2-3-6-13/h4,7-8,10,12-13,15,18H,2-3,5-6,9,11,17H2,1H3. The molecule has 1 aromatic carbocycles. The topological polar surface area (TPSA) is 55.5 Å². The van der Waals surface area contributed by atoms with Crippen molar-refractivity contribution in [3.8, 4) is 5.75 Å². The van der Waals surface area contributed by atoms with Gasteiger partial charge in [-0.25, -0.2) is 0 Å². The minimum absolute atomic E-state index is 0.00645. The third-order valence-electron chi connectivity index (χ3n) is 3.91. The number of nitrogens with two attached hydrogens (primary N) is 1. The zero-order chi connectivity index (χ0) is 13.7. The van der Waals surface area contributed by atoms with Gasteiger partial charge in [-0.1, -0.05) is 37.8 Å². The molecule has 0 saturated heterocycles. The van der Waals surface area contributed by atoms with E-state index in [1.165, 1.54) is 25.7 Å². The summed E-state index contributed by atoms with van der Waals surface area (Å²) in [4.78, 5) is 0. The van der Waals surface area contributed by atoms with Gasteiger partial charge in [0, 0.05) is 6.04 Å². The summed E-state index contributed by atoms with van der Waals surface area (Å²) in [7, 11) is 0. The predicted octanol–water partition coefficient (Wildman–Crippen LogP) is 3.03. The molecule has 0 amide bonds. The van der Waals surface area contributed by atoms with E-state index in [-0.39, 0.29) is 12.1 Å². The Hall–Kier alpha value is -1.06. The average Bonchev–Trinajstić information content (AvgIpc) is 2.89. The maximum absolute atomic E-state index is 10.00. The summed E-state index contributed by atoms with van der Waals surface area (Å²) >= 11 is 0. The van der Waals surface area contributed by atoms with Crippen LogP contribution >= 0.6 is 0 Å². The number of hydrogen-bond donors (Lipinski definition) is 2. The fourth-order valence-electron chi connectivity index (χ4n) is 2.78. The zero-order valence-electron chi connectivity index (χ0n) is 11.7. The van der Waals surface area contributed by atoms with Crippen molar-refractivity contribution in [2.45, 2.75) is 51.2 Å². The molecule has 0 heterocycles. The number of aliphatic hydroxyl groups excluding tert-OH is 1. The van der Waals surface area contributed by atoms with Crippen LogP contribution in [0.3, 0.4) is 0 Å². The second kappa shape index (κ2) is 6.92. The van der Waals surface area contributed by atoms with E-state index in [0.717, 1.165) is 17.7 Å². The minimum Gasteiger partial charge on any atom is -0.491 e. The smallest absolute Gasteiger partial charge is 0.119 e. The van der Waals surface area contributed by atoms with Crippen molar-refractivity contribution in [1.29, 1.82) is 0 Å². The molecule has 1 aliphatic carbocycles. The van der Waals surface area contributed by atoms with Crippen LogP contribution in [0.25, 0.3) is 0 Å². The third kappa shape index (κ3) is 4.51. The van der Waals surface area contributed by atoms with Crippen LogP contribution < -0.4 is 10.5 Å². The Kier molecular flexibility index (Phi) is 5.23. The number of benzene rings is 1. The first-order chi connectivity index (χ1) is 9.15. The Bertz CT molecular complexity index is 386. The van der Waals surface area contributed by atoms with Gasteiger partial charge in [0.2, 0.25) is 0 Å². The maximum atomic E-state index is 10.00. The lowest BCUT2D eigenvalue weighted by Crippen LogP contribution is -2.20. The lowest BCUT2D eigenvalue weighted by atomic mass is 10.0. The molecule has 2 rings (SSSR count). The first-order valence-electron chi connectivity index (χ1n) is 7.31. The highest BCUT2D eigenvalue weighted by Crippen LogP contribution is 2.28. The minimum atomic E-state index is -0.359. The fourth-order valence-corrected chi connectivity index (χ4v) is 2.78. The Morgan fingerprint density at radius 2 is 2.11 bits per heavy atom. The fraction of sp³-hybridized carbons (Fsp3) is 0.625. The monoisotopic (exact) mass is 263 g/mol. The van der Waals surface area contributed by atoms with Gasteiger partial charge in [-0.3, -0.25) is 0 Å². The Balaban J connectivity index is 1.79. The molecule has 2 atom stereocenters. The highest BCUT2D eigenvalue weighted by molar-refractivity contribution is 5.30. The molecule has 0 aromatic heterocycles. The van der Waals surface area contributed by atoms with Crippen LogP contribution in [-0.4, -0.2) is 17.8 Å². The number of aliphatic hydroxyl groups is 1. The number of hydrogen-bond acceptors (Lipinski definition) is 3.